The zero-order valence-corrected chi connectivity index (χ0v) is 14.7. The first-order valence-electron chi connectivity index (χ1n) is 7.25. The number of nitrogens with zero attached hydrogens (tertiary/aromatic N) is 1. The van der Waals surface area contributed by atoms with E-state index in [0.29, 0.717) is 11.8 Å². The Kier molecular flexibility index (Phi) is 6.96. The standard InChI is InChI=1S/C17H24BrNO2/c1-12(2)10-19(11-13(3)4)16-7-5-14(9-15(16)18)6-8-17(20)21/h5-9,12-13H,10-11H2,1-4H3,(H,20,21)/b8-6+. The van der Waals surface area contributed by atoms with Crippen LogP contribution >= 0.6 is 15.9 Å². The summed E-state index contributed by atoms with van der Waals surface area (Å²) in [7, 11) is 0. The monoisotopic (exact) mass is 353 g/mol. The molecule has 0 aliphatic carbocycles. The maximum atomic E-state index is 10.6. The fourth-order valence-electron chi connectivity index (χ4n) is 2.20. The first-order chi connectivity index (χ1) is 9.79. The summed E-state index contributed by atoms with van der Waals surface area (Å²) in [5.41, 5.74) is 2.03. The Labute approximate surface area is 135 Å². The summed E-state index contributed by atoms with van der Waals surface area (Å²) in [6.07, 6.45) is 2.76. The van der Waals surface area contributed by atoms with Crippen LogP contribution in [0.5, 0.6) is 0 Å². The molecule has 0 fully saturated rings. The summed E-state index contributed by atoms with van der Waals surface area (Å²) in [6, 6.07) is 5.96. The van der Waals surface area contributed by atoms with Crippen LogP contribution in [0.2, 0.25) is 0 Å². The Morgan fingerprint density at radius 1 is 1.24 bits per heavy atom. The molecule has 1 rings (SSSR count). The van der Waals surface area contributed by atoms with Crippen LogP contribution < -0.4 is 4.90 Å². The van der Waals surface area contributed by atoms with Crippen LogP contribution in [0.1, 0.15) is 33.3 Å². The minimum absolute atomic E-state index is 0.585. The molecule has 4 heteroatoms. The van der Waals surface area contributed by atoms with Crippen molar-refractivity contribution in [1.29, 1.82) is 0 Å². The maximum absolute atomic E-state index is 10.6. The van der Waals surface area contributed by atoms with Crippen molar-refractivity contribution in [3.63, 3.8) is 0 Å². The molecule has 0 bridgehead atoms. The molecule has 0 aliphatic rings. The Morgan fingerprint density at radius 3 is 2.24 bits per heavy atom. The molecule has 0 amide bonds. The molecular formula is C17H24BrNO2. The molecule has 0 spiro atoms. The van der Waals surface area contributed by atoms with Crippen LogP contribution in [-0.4, -0.2) is 24.2 Å². The third-order valence-corrected chi connectivity index (χ3v) is 3.54. The summed E-state index contributed by atoms with van der Waals surface area (Å²) in [6.45, 7) is 10.9. The van der Waals surface area contributed by atoms with Crippen LogP contribution in [0.15, 0.2) is 28.7 Å². The highest BCUT2D eigenvalue weighted by atomic mass is 79.9. The van der Waals surface area contributed by atoms with Gasteiger partial charge in [0.15, 0.2) is 0 Å². The second-order valence-electron chi connectivity index (χ2n) is 6.08. The quantitative estimate of drug-likeness (QED) is 0.724. The number of halogens is 1. The minimum atomic E-state index is -0.934. The topological polar surface area (TPSA) is 40.5 Å². The first kappa shape index (κ1) is 17.8. The number of carbonyl (C=O) groups is 1. The molecule has 0 heterocycles. The lowest BCUT2D eigenvalue weighted by Gasteiger charge is -2.29. The molecule has 0 aromatic heterocycles. The van der Waals surface area contributed by atoms with Gasteiger partial charge in [-0.2, -0.15) is 0 Å². The van der Waals surface area contributed by atoms with Gasteiger partial charge in [0.1, 0.15) is 0 Å². The van der Waals surface area contributed by atoms with E-state index in [1.807, 2.05) is 12.1 Å². The number of benzene rings is 1. The van der Waals surface area contributed by atoms with Gasteiger partial charge in [-0.1, -0.05) is 33.8 Å². The van der Waals surface area contributed by atoms with Crippen LogP contribution in [0.4, 0.5) is 5.69 Å². The summed E-state index contributed by atoms with van der Waals surface area (Å²) < 4.78 is 0.997. The van der Waals surface area contributed by atoms with Gasteiger partial charge in [-0.15, -0.1) is 0 Å². The lowest BCUT2D eigenvalue weighted by molar-refractivity contribution is -0.131. The number of carboxylic acids is 1. The minimum Gasteiger partial charge on any atom is -0.478 e. The van der Waals surface area contributed by atoms with E-state index in [2.05, 4.69) is 54.6 Å². The Hall–Kier alpha value is -1.29. The smallest absolute Gasteiger partial charge is 0.328 e. The van der Waals surface area contributed by atoms with E-state index >= 15 is 0 Å². The zero-order chi connectivity index (χ0) is 16.0. The van der Waals surface area contributed by atoms with Crippen molar-refractivity contribution in [3.05, 3.63) is 34.3 Å². The Bertz CT molecular complexity index is 500. The summed E-state index contributed by atoms with van der Waals surface area (Å²) >= 11 is 3.61. The lowest BCUT2D eigenvalue weighted by Crippen LogP contribution is -2.31. The second-order valence-corrected chi connectivity index (χ2v) is 6.93. The Balaban J connectivity index is 3.01. The van der Waals surface area contributed by atoms with Gasteiger partial charge in [-0.25, -0.2) is 4.79 Å². The molecule has 116 valence electrons. The van der Waals surface area contributed by atoms with Gasteiger partial charge in [-0.3, -0.25) is 0 Å². The molecule has 1 aromatic rings. The molecule has 0 atom stereocenters. The van der Waals surface area contributed by atoms with Gasteiger partial charge in [0.2, 0.25) is 0 Å². The van der Waals surface area contributed by atoms with E-state index in [-0.39, 0.29) is 0 Å². The van der Waals surface area contributed by atoms with Gasteiger partial charge >= 0.3 is 5.97 Å². The van der Waals surface area contributed by atoms with Gasteiger partial charge < -0.3 is 10.0 Å². The van der Waals surface area contributed by atoms with Crippen LogP contribution in [-0.2, 0) is 4.79 Å². The summed E-state index contributed by atoms with van der Waals surface area (Å²) in [5, 5.41) is 8.68. The molecule has 0 aliphatic heterocycles. The fraction of sp³-hybridized carbons (Fsp3) is 0.471. The highest BCUT2D eigenvalue weighted by molar-refractivity contribution is 9.10. The number of hydrogen-bond acceptors (Lipinski definition) is 2. The van der Waals surface area contributed by atoms with Crippen molar-refractivity contribution < 1.29 is 9.90 Å². The Morgan fingerprint density at radius 2 is 1.81 bits per heavy atom. The third kappa shape index (κ3) is 6.34. The number of aliphatic carboxylic acids is 1. The molecule has 0 saturated carbocycles. The van der Waals surface area contributed by atoms with E-state index in [9.17, 15) is 4.79 Å². The molecule has 1 N–H and O–H groups in total. The molecule has 0 saturated heterocycles. The van der Waals surface area contributed by atoms with Crippen molar-refractivity contribution in [3.8, 4) is 0 Å². The van der Waals surface area contributed by atoms with Gasteiger partial charge in [-0.05, 0) is 51.5 Å². The van der Waals surface area contributed by atoms with E-state index in [1.54, 1.807) is 6.08 Å². The number of anilines is 1. The normalized spacial score (nSPS) is 11.6. The molecular weight excluding hydrogens is 330 g/mol. The number of rotatable bonds is 7. The van der Waals surface area contributed by atoms with E-state index < -0.39 is 5.97 Å². The van der Waals surface area contributed by atoms with Crippen molar-refractivity contribution in [1.82, 2.24) is 0 Å². The van der Waals surface area contributed by atoms with Crippen molar-refractivity contribution >= 4 is 33.7 Å². The van der Waals surface area contributed by atoms with E-state index in [1.165, 1.54) is 0 Å². The predicted molar refractivity (Wildman–Crippen MR) is 92.7 cm³/mol. The first-order valence-corrected chi connectivity index (χ1v) is 8.04. The summed E-state index contributed by atoms with van der Waals surface area (Å²) in [5.74, 6) is 0.237. The maximum Gasteiger partial charge on any atom is 0.328 e. The number of hydrogen-bond donors (Lipinski definition) is 1. The van der Waals surface area contributed by atoms with Crippen LogP contribution in [0.25, 0.3) is 6.08 Å². The lowest BCUT2D eigenvalue weighted by atomic mass is 10.1. The average molecular weight is 354 g/mol. The number of carboxylic acid groups (broad SMARTS) is 1. The van der Waals surface area contributed by atoms with Crippen LogP contribution in [0.3, 0.4) is 0 Å². The average Bonchev–Trinajstić information content (AvgIpc) is 2.34. The SMILES string of the molecule is CC(C)CN(CC(C)C)c1ccc(/C=C/C(=O)O)cc1Br. The van der Waals surface area contributed by atoms with Crippen molar-refractivity contribution in [2.75, 3.05) is 18.0 Å². The highest BCUT2D eigenvalue weighted by Gasteiger charge is 2.13. The van der Waals surface area contributed by atoms with Gasteiger partial charge in [0, 0.05) is 23.6 Å². The zero-order valence-electron chi connectivity index (χ0n) is 13.1. The molecule has 21 heavy (non-hydrogen) atoms. The summed E-state index contributed by atoms with van der Waals surface area (Å²) in [4.78, 5) is 12.9. The largest absolute Gasteiger partial charge is 0.478 e. The second kappa shape index (κ2) is 8.23. The van der Waals surface area contributed by atoms with Crippen molar-refractivity contribution in [2.24, 2.45) is 11.8 Å². The molecule has 1 aromatic carbocycles. The predicted octanol–water partition coefficient (Wildman–Crippen LogP) is 4.67. The van der Waals surface area contributed by atoms with Crippen molar-refractivity contribution in [2.45, 2.75) is 27.7 Å². The molecule has 3 nitrogen and oxygen atoms in total. The van der Waals surface area contributed by atoms with E-state index in [4.69, 9.17) is 5.11 Å². The van der Waals surface area contributed by atoms with E-state index in [0.717, 1.165) is 34.9 Å². The molecule has 0 unspecified atom stereocenters. The highest BCUT2D eigenvalue weighted by Crippen LogP contribution is 2.29. The third-order valence-electron chi connectivity index (χ3n) is 2.90. The van der Waals surface area contributed by atoms with Crippen LogP contribution in [0, 0.1) is 11.8 Å². The van der Waals surface area contributed by atoms with Gasteiger partial charge in [0.25, 0.3) is 0 Å². The van der Waals surface area contributed by atoms with Gasteiger partial charge in [0.05, 0.1) is 5.69 Å². The fourth-order valence-corrected chi connectivity index (χ4v) is 2.85. The molecule has 0 radical (unpaired) electrons.